The maximum atomic E-state index is 13.5. The molecule has 3 nitrogen and oxygen atoms in total. The lowest BCUT2D eigenvalue weighted by atomic mass is 10.0. The molecule has 0 bridgehead atoms. The van der Waals surface area contributed by atoms with Gasteiger partial charge in [0, 0.05) is 25.2 Å². The van der Waals surface area contributed by atoms with E-state index >= 15 is 0 Å². The highest BCUT2D eigenvalue weighted by molar-refractivity contribution is 9.10. The smallest absolute Gasteiger partial charge is 0.137 e. The summed E-state index contributed by atoms with van der Waals surface area (Å²) in [7, 11) is 1.90. The van der Waals surface area contributed by atoms with Gasteiger partial charge >= 0.3 is 0 Å². The first-order valence-corrected chi connectivity index (χ1v) is 7.03. The van der Waals surface area contributed by atoms with Gasteiger partial charge in [-0.25, -0.2) is 4.39 Å². The molecule has 5 heteroatoms. The Bertz CT molecular complexity index is 580. The van der Waals surface area contributed by atoms with Crippen LogP contribution in [-0.2, 0) is 19.9 Å². The monoisotopic (exact) mass is 325 g/mol. The fourth-order valence-electron chi connectivity index (χ4n) is 2.08. The van der Waals surface area contributed by atoms with E-state index in [-0.39, 0.29) is 11.9 Å². The van der Waals surface area contributed by atoms with Crippen LogP contribution in [0.15, 0.2) is 28.7 Å². The first-order valence-electron chi connectivity index (χ1n) is 6.24. The normalized spacial score (nSPS) is 12.7. The molecular weight excluding hydrogens is 309 g/mol. The summed E-state index contributed by atoms with van der Waals surface area (Å²) < 4.78 is 15.8. The average molecular weight is 326 g/mol. The summed E-state index contributed by atoms with van der Waals surface area (Å²) in [5, 5.41) is 4.39. The van der Waals surface area contributed by atoms with Gasteiger partial charge in [0.2, 0.25) is 0 Å². The molecule has 2 N–H and O–H groups in total. The summed E-state index contributed by atoms with van der Waals surface area (Å²) in [5.41, 5.74) is 9.06. The largest absolute Gasteiger partial charge is 0.324 e. The molecule has 102 valence electrons. The molecule has 0 radical (unpaired) electrons. The molecule has 2 aromatic rings. The zero-order chi connectivity index (χ0) is 14.0. The standard InChI is InChI=1S/C14H17BrFN3/c1-3-9-7-10(19(2)18-9)8-13(17)11-5-4-6-12(16)14(11)15/h4-7,13H,3,8,17H2,1-2H3. The van der Waals surface area contributed by atoms with E-state index in [2.05, 4.69) is 28.0 Å². The third-order valence-corrected chi connectivity index (χ3v) is 4.04. The molecule has 0 aliphatic heterocycles. The van der Waals surface area contributed by atoms with E-state index in [1.807, 2.05) is 23.9 Å². The molecule has 1 unspecified atom stereocenters. The lowest BCUT2D eigenvalue weighted by Gasteiger charge is -2.14. The Balaban J connectivity index is 2.22. The number of aromatic nitrogens is 2. The van der Waals surface area contributed by atoms with Crippen LogP contribution in [0.5, 0.6) is 0 Å². The fourth-order valence-corrected chi connectivity index (χ4v) is 2.64. The molecule has 0 amide bonds. The highest BCUT2D eigenvalue weighted by Crippen LogP contribution is 2.27. The fraction of sp³-hybridized carbons (Fsp3) is 0.357. The molecule has 0 spiro atoms. The molecule has 0 aliphatic rings. The van der Waals surface area contributed by atoms with Gasteiger partial charge in [-0.1, -0.05) is 19.1 Å². The Morgan fingerprint density at radius 1 is 1.47 bits per heavy atom. The molecule has 1 aromatic heterocycles. The second-order valence-corrected chi connectivity index (χ2v) is 5.35. The summed E-state index contributed by atoms with van der Waals surface area (Å²) in [6.07, 6.45) is 1.53. The molecule has 1 heterocycles. The van der Waals surface area contributed by atoms with E-state index in [1.54, 1.807) is 6.07 Å². The minimum absolute atomic E-state index is 0.259. The van der Waals surface area contributed by atoms with E-state index in [9.17, 15) is 4.39 Å². The predicted molar refractivity (Wildman–Crippen MR) is 77.3 cm³/mol. The highest BCUT2D eigenvalue weighted by Gasteiger charge is 2.15. The van der Waals surface area contributed by atoms with Crippen LogP contribution in [0.3, 0.4) is 0 Å². The van der Waals surface area contributed by atoms with Crippen molar-refractivity contribution in [3.8, 4) is 0 Å². The number of nitrogens with zero attached hydrogens (tertiary/aromatic N) is 2. The zero-order valence-corrected chi connectivity index (χ0v) is 12.6. The van der Waals surface area contributed by atoms with Crippen molar-refractivity contribution in [2.24, 2.45) is 12.8 Å². The summed E-state index contributed by atoms with van der Waals surface area (Å²) in [5.74, 6) is -0.285. The number of nitrogens with two attached hydrogens (primary N) is 1. The maximum absolute atomic E-state index is 13.5. The van der Waals surface area contributed by atoms with Crippen molar-refractivity contribution >= 4 is 15.9 Å². The van der Waals surface area contributed by atoms with Crippen molar-refractivity contribution in [3.05, 3.63) is 51.5 Å². The van der Waals surface area contributed by atoms with Crippen molar-refractivity contribution in [1.29, 1.82) is 0 Å². The zero-order valence-electron chi connectivity index (χ0n) is 11.0. The molecule has 0 aliphatic carbocycles. The van der Waals surface area contributed by atoms with Crippen molar-refractivity contribution in [3.63, 3.8) is 0 Å². The van der Waals surface area contributed by atoms with E-state index in [1.165, 1.54) is 6.07 Å². The van der Waals surface area contributed by atoms with Crippen LogP contribution < -0.4 is 5.73 Å². The number of aryl methyl sites for hydroxylation is 2. The van der Waals surface area contributed by atoms with Crippen LogP contribution in [0.2, 0.25) is 0 Å². The van der Waals surface area contributed by atoms with Crippen molar-refractivity contribution < 1.29 is 4.39 Å². The third kappa shape index (κ3) is 3.04. The van der Waals surface area contributed by atoms with Gasteiger partial charge in [-0.2, -0.15) is 5.10 Å². The van der Waals surface area contributed by atoms with Gasteiger partial charge in [0.15, 0.2) is 0 Å². The Morgan fingerprint density at radius 3 is 2.84 bits per heavy atom. The molecule has 2 rings (SSSR count). The Hall–Kier alpha value is -1.20. The van der Waals surface area contributed by atoms with E-state index < -0.39 is 0 Å². The van der Waals surface area contributed by atoms with E-state index in [0.717, 1.165) is 23.4 Å². The maximum Gasteiger partial charge on any atom is 0.137 e. The first kappa shape index (κ1) is 14.2. The molecule has 0 saturated heterocycles. The van der Waals surface area contributed by atoms with Crippen LogP contribution in [0.25, 0.3) is 0 Å². The number of benzene rings is 1. The van der Waals surface area contributed by atoms with Gasteiger partial charge < -0.3 is 5.73 Å². The Kier molecular flexibility index (Phi) is 4.37. The van der Waals surface area contributed by atoms with Crippen molar-refractivity contribution in [2.45, 2.75) is 25.8 Å². The SMILES string of the molecule is CCc1cc(CC(N)c2cccc(F)c2Br)n(C)n1. The highest BCUT2D eigenvalue weighted by atomic mass is 79.9. The van der Waals surface area contributed by atoms with Gasteiger partial charge in [-0.3, -0.25) is 4.68 Å². The van der Waals surface area contributed by atoms with Crippen molar-refractivity contribution in [1.82, 2.24) is 9.78 Å². The topological polar surface area (TPSA) is 43.8 Å². The predicted octanol–water partition coefficient (Wildman–Crippen LogP) is 3.13. The summed E-state index contributed by atoms with van der Waals surface area (Å²) >= 11 is 3.25. The lowest BCUT2D eigenvalue weighted by molar-refractivity contribution is 0.602. The third-order valence-electron chi connectivity index (χ3n) is 3.20. The Morgan fingerprint density at radius 2 is 2.21 bits per heavy atom. The number of halogens is 2. The summed E-state index contributed by atoms with van der Waals surface area (Å²) in [4.78, 5) is 0. The van der Waals surface area contributed by atoms with Crippen LogP contribution in [0.4, 0.5) is 4.39 Å². The molecular formula is C14H17BrFN3. The molecule has 0 saturated carbocycles. The van der Waals surface area contributed by atoms with E-state index in [4.69, 9.17) is 5.73 Å². The first-order chi connectivity index (χ1) is 9.02. The number of hydrogen-bond donors (Lipinski definition) is 1. The van der Waals surface area contributed by atoms with Gasteiger partial charge in [0.25, 0.3) is 0 Å². The second kappa shape index (κ2) is 5.84. The quantitative estimate of drug-likeness (QED) is 0.938. The number of rotatable bonds is 4. The molecule has 1 aromatic carbocycles. The van der Waals surface area contributed by atoms with Crippen LogP contribution >= 0.6 is 15.9 Å². The van der Waals surface area contributed by atoms with Crippen LogP contribution in [0.1, 0.15) is 29.9 Å². The summed E-state index contributed by atoms with van der Waals surface area (Å²) in [6.45, 7) is 2.06. The van der Waals surface area contributed by atoms with E-state index in [0.29, 0.717) is 10.9 Å². The Labute approximate surface area is 120 Å². The minimum Gasteiger partial charge on any atom is -0.324 e. The molecule has 0 fully saturated rings. The van der Waals surface area contributed by atoms with Crippen molar-refractivity contribution in [2.75, 3.05) is 0 Å². The second-order valence-electron chi connectivity index (χ2n) is 4.56. The van der Waals surface area contributed by atoms with Gasteiger partial charge in [-0.15, -0.1) is 0 Å². The van der Waals surface area contributed by atoms with Crippen LogP contribution in [-0.4, -0.2) is 9.78 Å². The molecule has 19 heavy (non-hydrogen) atoms. The molecule has 1 atom stereocenters. The minimum atomic E-state index is -0.285. The summed E-state index contributed by atoms with van der Waals surface area (Å²) in [6, 6.07) is 6.72. The van der Waals surface area contributed by atoms with Gasteiger partial charge in [0.1, 0.15) is 5.82 Å². The number of hydrogen-bond acceptors (Lipinski definition) is 2. The lowest BCUT2D eigenvalue weighted by Crippen LogP contribution is -2.16. The average Bonchev–Trinajstić information content (AvgIpc) is 2.73. The van der Waals surface area contributed by atoms with Gasteiger partial charge in [0.05, 0.1) is 10.2 Å². The van der Waals surface area contributed by atoms with Gasteiger partial charge in [-0.05, 0) is 40.0 Å². The van der Waals surface area contributed by atoms with Crippen LogP contribution in [0, 0.1) is 5.82 Å².